The number of hydrogen-bond acceptors (Lipinski definition) is 2. The van der Waals surface area contributed by atoms with Crippen LogP contribution in [-0.2, 0) is 4.79 Å². The Balaban J connectivity index is 3.06. The summed E-state index contributed by atoms with van der Waals surface area (Å²) in [7, 11) is 2.43. The lowest BCUT2D eigenvalue weighted by Crippen LogP contribution is -2.22. The maximum absolute atomic E-state index is 10.5. The Morgan fingerprint density at radius 2 is 2.50 bits per heavy atom. The van der Waals surface area contributed by atoms with Gasteiger partial charge in [-0.15, -0.1) is 9.24 Å². The van der Waals surface area contributed by atoms with Gasteiger partial charge in [-0.25, -0.2) is 0 Å². The van der Waals surface area contributed by atoms with Crippen molar-refractivity contribution < 1.29 is 4.79 Å². The third kappa shape index (κ3) is 4.41. The average molecular weight is 151 g/mol. The number of carbonyl (C=O) groups is 1. The predicted octanol–water partition coefficient (Wildman–Crippen LogP) is 0.298. The molecule has 0 rings (SSSR count). The molecule has 0 aromatic rings. The third-order valence-corrected chi connectivity index (χ3v) is 1.33. The molecule has 0 fully saturated rings. The van der Waals surface area contributed by atoms with Crippen molar-refractivity contribution in [3.63, 3.8) is 0 Å². The van der Waals surface area contributed by atoms with E-state index in [1.165, 1.54) is 11.8 Å². The van der Waals surface area contributed by atoms with Crippen LogP contribution in [0.4, 0.5) is 0 Å². The summed E-state index contributed by atoms with van der Waals surface area (Å²) in [6.07, 6.45) is 2.56. The summed E-state index contributed by atoms with van der Waals surface area (Å²) in [5.41, 5.74) is 0. The minimum atomic E-state index is 0.104. The molecule has 0 aliphatic carbocycles. The largest absolute Gasteiger partial charge is 0.352 e. The van der Waals surface area contributed by atoms with Crippen LogP contribution >= 0.6 is 21.0 Å². The smallest absolute Gasteiger partial charge is 0.230 e. The van der Waals surface area contributed by atoms with Gasteiger partial charge in [0, 0.05) is 6.29 Å². The molecule has 1 atom stereocenters. The fraction of sp³-hybridized carbons (Fsp3) is 0.750. The average Bonchev–Trinajstić information content (AvgIpc) is 1.68. The zero-order chi connectivity index (χ0) is 6.41. The first-order valence-corrected chi connectivity index (χ1v) is 4.48. The van der Waals surface area contributed by atoms with Crippen LogP contribution in [0.25, 0.3) is 0 Å². The zero-order valence-corrected chi connectivity index (χ0v) is 6.78. The van der Waals surface area contributed by atoms with Crippen molar-refractivity contribution in [3.05, 3.63) is 0 Å². The molecule has 0 radical (unpaired) electrons. The van der Waals surface area contributed by atoms with E-state index in [1.807, 2.05) is 6.26 Å². The van der Waals surface area contributed by atoms with E-state index in [9.17, 15) is 4.79 Å². The molecule has 4 heteroatoms. The van der Waals surface area contributed by atoms with Gasteiger partial charge in [0.2, 0.25) is 5.91 Å². The van der Waals surface area contributed by atoms with E-state index in [1.54, 1.807) is 0 Å². The summed E-state index contributed by atoms with van der Waals surface area (Å²) in [6.45, 7) is 0. The molecule has 48 valence electrons. The first kappa shape index (κ1) is 8.25. The number of thioether (sulfide) groups is 1. The molecule has 1 amide bonds. The lowest BCUT2D eigenvalue weighted by Gasteiger charge is -1.96. The van der Waals surface area contributed by atoms with E-state index in [4.69, 9.17) is 0 Å². The maximum Gasteiger partial charge on any atom is 0.230 e. The van der Waals surface area contributed by atoms with Gasteiger partial charge in [-0.3, -0.25) is 4.79 Å². The van der Waals surface area contributed by atoms with E-state index < -0.39 is 0 Å². The quantitative estimate of drug-likeness (QED) is 0.588. The Hall–Kier alpha value is 0.250. The molecule has 0 spiro atoms. The molecule has 0 aliphatic rings. The van der Waals surface area contributed by atoms with Gasteiger partial charge in [-0.1, -0.05) is 0 Å². The number of nitrogens with one attached hydrogen (secondary N) is 1. The van der Waals surface area contributed by atoms with Gasteiger partial charge >= 0.3 is 0 Å². The molecule has 0 aromatic heterocycles. The van der Waals surface area contributed by atoms with Crippen LogP contribution in [0.15, 0.2) is 0 Å². The summed E-state index contributed by atoms with van der Waals surface area (Å²) in [5, 5.41) is 2.65. The normalized spacial score (nSPS) is 8.75. The van der Waals surface area contributed by atoms with Crippen LogP contribution < -0.4 is 5.32 Å². The topological polar surface area (TPSA) is 29.1 Å². The molecule has 8 heavy (non-hydrogen) atoms. The van der Waals surface area contributed by atoms with Gasteiger partial charge in [0.25, 0.3) is 0 Å². The molecule has 0 saturated heterocycles. The number of rotatable bonds is 3. The Labute approximate surface area is 56.0 Å². The van der Waals surface area contributed by atoms with Crippen molar-refractivity contribution in [3.8, 4) is 0 Å². The fourth-order valence-corrected chi connectivity index (χ4v) is 0.888. The van der Waals surface area contributed by atoms with Crippen molar-refractivity contribution in [2.45, 2.75) is 0 Å². The molecule has 0 saturated carbocycles. The summed E-state index contributed by atoms with van der Waals surface area (Å²) in [6, 6.07) is 0. The van der Waals surface area contributed by atoms with E-state index in [0.717, 1.165) is 0 Å². The van der Waals surface area contributed by atoms with E-state index in [-0.39, 0.29) is 5.91 Å². The highest BCUT2D eigenvalue weighted by atomic mass is 32.2. The molecule has 1 unspecified atom stereocenters. The molecular weight excluding hydrogens is 141 g/mol. The van der Waals surface area contributed by atoms with Crippen LogP contribution in [0.3, 0.4) is 0 Å². The molecular formula is C4H10NOPS. The molecule has 2 nitrogen and oxygen atoms in total. The highest BCUT2D eigenvalue weighted by Gasteiger charge is 1.93. The Kier molecular flexibility index (Phi) is 5.56. The van der Waals surface area contributed by atoms with Crippen LogP contribution in [0, 0.1) is 0 Å². The molecule has 1 N–H and O–H groups in total. The van der Waals surface area contributed by atoms with Crippen LogP contribution in [0.2, 0.25) is 0 Å². The van der Waals surface area contributed by atoms with Crippen LogP contribution in [-0.4, -0.2) is 24.2 Å². The van der Waals surface area contributed by atoms with Crippen molar-refractivity contribution in [2.75, 3.05) is 18.3 Å². The molecule has 0 heterocycles. The molecule has 0 aliphatic heterocycles. The Morgan fingerprint density at radius 3 is 2.88 bits per heavy atom. The van der Waals surface area contributed by atoms with Crippen molar-refractivity contribution >= 4 is 26.9 Å². The number of carbonyl (C=O) groups excluding carboxylic acids is 1. The van der Waals surface area contributed by atoms with Gasteiger partial charge in [0.05, 0.1) is 5.75 Å². The minimum Gasteiger partial charge on any atom is -0.352 e. The van der Waals surface area contributed by atoms with E-state index >= 15 is 0 Å². The van der Waals surface area contributed by atoms with Crippen LogP contribution in [0.5, 0.6) is 0 Å². The van der Waals surface area contributed by atoms with Gasteiger partial charge < -0.3 is 5.32 Å². The Bertz CT molecular complexity index is 70.4. The predicted molar refractivity (Wildman–Crippen MR) is 41.1 cm³/mol. The SMILES string of the molecule is CSCC(=O)NCP. The standard InChI is InChI=1S/C4H10NOPS/c1-8-2-4(6)5-3-7/h2-3,7H2,1H3,(H,5,6). The Morgan fingerprint density at radius 1 is 1.88 bits per heavy atom. The van der Waals surface area contributed by atoms with E-state index in [2.05, 4.69) is 14.6 Å². The lowest BCUT2D eigenvalue weighted by atomic mass is 10.7. The zero-order valence-electron chi connectivity index (χ0n) is 4.81. The molecule has 0 bridgehead atoms. The maximum atomic E-state index is 10.5. The summed E-state index contributed by atoms with van der Waals surface area (Å²) in [4.78, 5) is 10.5. The van der Waals surface area contributed by atoms with Crippen LogP contribution in [0.1, 0.15) is 0 Å². The van der Waals surface area contributed by atoms with Gasteiger partial charge in [0.15, 0.2) is 0 Å². The van der Waals surface area contributed by atoms with Crippen molar-refractivity contribution in [1.29, 1.82) is 0 Å². The van der Waals surface area contributed by atoms with Crippen molar-refractivity contribution in [2.24, 2.45) is 0 Å². The summed E-state index contributed by atoms with van der Waals surface area (Å²) < 4.78 is 0. The molecule has 0 aromatic carbocycles. The second kappa shape index (κ2) is 5.39. The number of amides is 1. The first-order chi connectivity index (χ1) is 3.81. The highest BCUT2D eigenvalue weighted by molar-refractivity contribution is 7.99. The van der Waals surface area contributed by atoms with Gasteiger partial charge in [-0.05, 0) is 6.26 Å². The highest BCUT2D eigenvalue weighted by Crippen LogP contribution is 1.88. The fourth-order valence-electron chi connectivity index (χ4n) is 0.296. The number of hydrogen-bond donors (Lipinski definition) is 1. The van der Waals surface area contributed by atoms with E-state index in [0.29, 0.717) is 12.0 Å². The third-order valence-electron chi connectivity index (χ3n) is 0.575. The second-order valence-electron chi connectivity index (χ2n) is 1.24. The monoisotopic (exact) mass is 151 g/mol. The van der Waals surface area contributed by atoms with Crippen molar-refractivity contribution in [1.82, 2.24) is 5.32 Å². The summed E-state index contributed by atoms with van der Waals surface area (Å²) in [5.74, 6) is 0.668. The van der Waals surface area contributed by atoms with Gasteiger partial charge in [-0.2, -0.15) is 11.8 Å². The lowest BCUT2D eigenvalue weighted by molar-refractivity contribution is -0.118. The minimum absolute atomic E-state index is 0.104. The van der Waals surface area contributed by atoms with Gasteiger partial charge in [0.1, 0.15) is 0 Å². The summed E-state index contributed by atoms with van der Waals surface area (Å²) >= 11 is 1.53. The first-order valence-electron chi connectivity index (χ1n) is 2.27. The second-order valence-corrected chi connectivity index (χ2v) is 2.51.